The monoisotopic (exact) mass is 313 g/mol. The highest BCUT2D eigenvalue weighted by atomic mass is 79.9. The Balaban J connectivity index is 1.72. The van der Waals surface area contributed by atoms with Crippen molar-refractivity contribution in [2.75, 3.05) is 6.61 Å². The summed E-state index contributed by atoms with van der Waals surface area (Å²) < 4.78 is 6.62. The highest BCUT2D eigenvalue weighted by Crippen LogP contribution is 2.19. The molecule has 1 aromatic carbocycles. The topological polar surface area (TPSA) is 58.6 Å². The first kappa shape index (κ1) is 13.4. The van der Waals surface area contributed by atoms with Crippen molar-refractivity contribution in [3.63, 3.8) is 0 Å². The number of nitrogens with one attached hydrogen (secondary N) is 1. The Morgan fingerprint density at radius 3 is 3.00 bits per heavy atom. The number of aliphatic carboxylic acids is 1. The molecule has 98 valence electrons. The fourth-order valence-corrected chi connectivity index (χ4v) is 2.50. The van der Waals surface area contributed by atoms with Gasteiger partial charge in [-0.3, -0.25) is 4.79 Å². The summed E-state index contributed by atoms with van der Waals surface area (Å²) in [7, 11) is 0. The first-order valence-electron chi connectivity index (χ1n) is 6.02. The Morgan fingerprint density at radius 2 is 2.33 bits per heavy atom. The van der Waals surface area contributed by atoms with E-state index in [0.717, 1.165) is 23.1 Å². The van der Waals surface area contributed by atoms with Crippen molar-refractivity contribution in [2.45, 2.75) is 31.3 Å². The lowest BCUT2D eigenvalue weighted by Gasteiger charge is -2.12. The van der Waals surface area contributed by atoms with Crippen LogP contribution in [0.1, 0.15) is 19.3 Å². The largest absolute Gasteiger partial charge is 0.493 e. The molecule has 1 heterocycles. The van der Waals surface area contributed by atoms with E-state index in [0.29, 0.717) is 13.0 Å². The Labute approximate surface area is 114 Å². The van der Waals surface area contributed by atoms with Gasteiger partial charge in [-0.15, -0.1) is 0 Å². The highest BCUT2D eigenvalue weighted by molar-refractivity contribution is 9.10. The van der Waals surface area contributed by atoms with Crippen molar-refractivity contribution in [3.05, 3.63) is 28.7 Å². The van der Waals surface area contributed by atoms with Crippen LogP contribution in [0.25, 0.3) is 0 Å². The van der Waals surface area contributed by atoms with Crippen LogP contribution >= 0.6 is 15.9 Å². The summed E-state index contributed by atoms with van der Waals surface area (Å²) >= 11 is 3.39. The van der Waals surface area contributed by atoms with Gasteiger partial charge in [0.1, 0.15) is 11.8 Å². The molecule has 2 unspecified atom stereocenters. The third-order valence-corrected chi connectivity index (χ3v) is 3.56. The Morgan fingerprint density at radius 1 is 1.50 bits per heavy atom. The second kappa shape index (κ2) is 6.20. The Hall–Kier alpha value is -1.07. The van der Waals surface area contributed by atoms with Crippen LogP contribution in [-0.4, -0.2) is 29.8 Å². The van der Waals surface area contributed by atoms with E-state index in [1.54, 1.807) is 0 Å². The summed E-state index contributed by atoms with van der Waals surface area (Å²) in [6, 6.07) is 7.56. The van der Waals surface area contributed by atoms with Gasteiger partial charge in [0.25, 0.3) is 0 Å². The lowest BCUT2D eigenvalue weighted by Crippen LogP contribution is -2.35. The van der Waals surface area contributed by atoms with E-state index in [2.05, 4.69) is 21.2 Å². The minimum Gasteiger partial charge on any atom is -0.493 e. The minimum atomic E-state index is -0.759. The zero-order valence-corrected chi connectivity index (χ0v) is 11.5. The van der Waals surface area contributed by atoms with Crippen LogP contribution in [0.15, 0.2) is 28.7 Å². The molecular formula is C13H16BrNO3. The second-order valence-electron chi connectivity index (χ2n) is 4.43. The van der Waals surface area contributed by atoms with Crippen LogP contribution < -0.4 is 10.1 Å². The number of carbonyl (C=O) groups is 1. The summed E-state index contributed by atoms with van der Waals surface area (Å²) in [5.41, 5.74) is 0. The van der Waals surface area contributed by atoms with Gasteiger partial charge in [0.2, 0.25) is 0 Å². The molecule has 1 saturated heterocycles. The van der Waals surface area contributed by atoms with Crippen molar-refractivity contribution in [2.24, 2.45) is 0 Å². The number of halogens is 1. The molecule has 0 amide bonds. The molecule has 0 spiro atoms. The highest BCUT2D eigenvalue weighted by Gasteiger charge is 2.28. The van der Waals surface area contributed by atoms with Gasteiger partial charge in [0, 0.05) is 10.5 Å². The maximum absolute atomic E-state index is 10.8. The van der Waals surface area contributed by atoms with Crippen molar-refractivity contribution in [3.8, 4) is 5.75 Å². The first-order chi connectivity index (χ1) is 8.65. The predicted molar refractivity (Wildman–Crippen MR) is 71.8 cm³/mol. The molecule has 2 N–H and O–H groups in total. The third kappa shape index (κ3) is 3.71. The van der Waals surface area contributed by atoms with Crippen LogP contribution in [0.5, 0.6) is 5.75 Å². The van der Waals surface area contributed by atoms with Crippen LogP contribution in [0.3, 0.4) is 0 Å². The number of carboxylic acids is 1. The Bertz CT molecular complexity index is 424. The van der Waals surface area contributed by atoms with Crippen LogP contribution in [0.4, 0.5) is 0 Å². The van der Waals surface area contributed by atoms with Crippen molar-refractivity contribution >= 4 is 21.9 Å². The maximum Gasteiger partial charge on any atom is 0.320 e. The molecule has 2 rings (SSSR count). The standard InChI is InChI=1S/C13H16BrNO3/c14-9-2-1-3-11(8-9)18-7-6-10-4-5-12(15-10)13(16)17/h1-3,8,10,12,15H,4-7H2,(H,16,17). The van der Waals surface area contributed by atoms with E-state index in [-0.39, 0.29) is 12.1 Å². The summed E-state index contributed by atoms with van der Waals surface area (Å²) in [6.07, 6.45) is 2.44. The zero-order chi connectivity index (χ0) is 13.0. The number of hydrogen-bond donors (Lipinski definition) is 2. The van der Waals surface area contributed by atoms with E-state index in [1.807, 2.05) is 24.3 Å². The lowest BCUT2D eigenvalue weighted by atomic mass is 10.1. The van der Waals surface area contributed by atoms with Gasteiger partial charge >= 0.3 is 5.97 Å². The summed E-state index contributed by atoms with van der Waals surface area (Å²) in [5.74, 6) is 0.0718. The molecule has 18 heavy (non-hydrogen) atoms. The SMILES string of the molecule is O=C(O)C1CCC(CCOc2cccc(Br)c2)N1. The van der Waals surface area contributed by atoms with Crippen LogP contribution in [-0.2, 0) is 4.79 Å². The van der Waals surface area contributed by atoms with E-state index in [4.69, 9.17) is 9.84 Å². The van der Waals surface area contributed by atoms with E-state index >= 15 is 0 Å². The molecule has 5 heteroatoms. The van der Waals surface area contributed by atoms with Crippen molar-refractivity contribution < 1.29 is 14.6 Å². The molecule has 1 aromatic rings. The van der Waals surface area contributed by atoms with E-state index in [9.17, 15) is 4.79 Å². The first-order valence-corrected chi connectivity index (χ1v) is 6.81. The lowest BCUT2D eigenvalue weighted by molar-refractivity contribution is -0.139. The van der Waals surface area contributed by atoms with Gasteiger partial charge in [-0.2, -0.15) is 0 Å². The van der Waals surface area contributed by atoms with Crippen molar-refractivity contribution in [1.29, 1.82) is 0 Å². The molecule has 1 fully saturated rings. The van der Waals surface area contributed by atoms with Crippen molar-refractivity contribution in [1.82, 2.24) is 5.32 Å². The number of rotatable bonds is 5. The van der Waals surface area contributed by atoms with Gasteiger partial charge in [0.05, 0.1) is 6.61 Å². The molecule has 0 saturated carbocycles. The van der Waals surface area contributed by atoms with Crippen LogP contribution in [0, 0.1) is 0 Å². The number of carboxylic acid groups (broad SMARTS) is 1. The van der Waals surface area contributed by atoms with Gasteiger partial charge in [-0.1, -0.05) is 22.0 Å². The van der Waals surface area contributed by atoms with Gasteiger partial charge in [-0.05, 0) is 37.5 Å². The third-order valence-electron chi connectivity index (χ3n) is 3.07. The normalized spacial score (nSPS) is 22.9. The molecule has 2 atom stereocenters. The number of ether oxygens (including phenoxy) is 1. The van der Waals surface area contributed by atoms with Gasteiger partial charge < -0.3 is 15.2 Å². The molecule has 0 aromatic heterocycles. The predicted octanol–water partition coefficient (Wildman–Crippen LogP) is 2.42. The molecule has 4 nitrogen and oxygen atoms in total. The molecule has 0 bridgehead atoms. The maximum atomic E-state index is 10.8. The molecule has 1 aliphatic heterocycles. The van der Waals surface area contributed by atoms with E-state index < -0.39 is 5.97 Å². The smallest absolute Gasteiger partial charge is 0.320 e. The number of hydrogen-bond acceptors (Lipinski definition) is 3. The second-order valence-corrected chi connectivity index (χ2v) is 5.34. The molecule has 0 radical (unpaired) electrons. The molecular weight excluding hydrogens is 298 g/mol. The number of benzene rings is 1. The summed E-state index contributed by atoms with van der Waals surface area (Å²) in [6.45, 7) is 0.598. The minimum absolute atomic E-state index is 0.248. The average Bonchev–Trinajstić information content (AvgIpc) is 2.78. The molecule has 0 aliphatic carbocycles. The summed E-state index contributed by atoms with van der Waals surface area (Å²) in [4.78, 5) is 10.8. The quantitative estimate of drug-likeness (QED) is 0.876. The zero-order valence-electron chi connectivity index (χ0n) is 9.93. The van der Waals surface area contributed by atoms with E-state index in [1.165, 1.54) is 0 Å². The fraction of sp³-hybridized carbons (Fsp3) is 0.462. The van der Waals surface area contributed by atoms with Gasteiger partial charge in [0.15, 0.2) is 0 Å². The fourth-order valence-electron chi connectivity index (χ4n) is 2.12. The van der Waals surface area contributed by atoms with Crippen LogP contribution in [0.2, 0.25) is 0 Å². The molecule has 1 aliphatic rings. The summed E-state index contributed by atoms with van der Waals surface area (Å²) in [5, 5.41) is 12.0. The Kier molecular flexibility index (Phi) is 4.60. The average molecular weight is 314 g/mol. The van der Waals surface area contributed by atoms with Gasteiger partial charge in [-0.25, -0.2) is 0 Å².